The molecule has 2 heteroatoms. The van der Waals surface area contributed by atoms with E-state index in [1.54, 1.807) is 0 Å². The molecule has 0 aromatic rings. The van der Waals surface area contributed by atoms with Crippen LogP contribution >= 0.6 is 0 Å². The number of aliphatic hydroxyl groups is 2. The van der Waals surface area contributed by atoms with E-state index in [1.807, 2.05) is 0 Å². The topological polar surface area (TPSA) is 40.5 Å². The minimum atomic E-state index is -0.243. The SMILES string of the molecule is OCC1CCCCCC1O. The van der Waals surface area contributed by atoms with Gasteiger partial charge in [-0.15, -0.1) is 0 Å². The summed E-state index contributed by atoms with van der Waals surface area (Å²) in [6, 6.07) is 0. The van der Waals surface area contributed by atoms with Crippen LogP contribution < -0.4 is 0 Å². The fourth-order valence-corrected chi connectivity index (χ4v) is 1.58. The summed E-state index contributed by atoms with van der Waals surface area (Å²) in [6.07, 6.45) is 5.14. The van der Waals surface area contributed by atoms with E-state index in [0.29, 0.717) is 0 Å². The molecule has 0 bridgehead atoms. The maximum Gasteiger partial charge on any atom is 0.0590 e. The normalized spacial score (nSPS) is 35.4. The summed E-state index contributed by atoms with van der Waals surface area (Å²) >= 11 is 0. The van der Waals surface area contributed by atoms with Crippen LogP contribution in [0.4, 0.5) is 0 Å². The number of aliphatic hydroxyl groups excluding tert-OH is 2. The Labute approximate surface area is 61.9 Å². The fraction of sp³-hybridized carbons (Fsp3) is 1.00. The van der Waals surface area contributed by atoms with Crippen molar-refractivity contribution in [3.8, 4) is 0 Å². The Balaban J connectivity index is 2.35. The van der Waals surface area contributed by atoms with Crippen LogP contribution in [0.15, 0.2) is 0 Å². The van der Waals surface area contributed by atoms with Crippen LogP contribution in [0.25, 0.3) is 0 Å². The third-order valence-electron chi connectivity index (χ3n) is 2.35. The second-order valence-electron chi connectivity index (χ2n) is 3.15. The highest BCUT2D eigenvalue weighted by molar-refractivity contribution is 4.71. The molecule has 0 aromatic carbocycles. The molecule has 1 aliphatic rings. The van der Waals surface area contributed by atoms with E-state index in [-0.39, 0.29) is 18.6 Å². The van der Waals surface area contributed by atoms with Crippen LogP contribution in [-0.2, 0) is 0 Å². The quantitative estimate of drug-likeness (QED) is 0.537. The lowest BCUT2D eigenvalue weighted by molar-refractivity contribution is 0.0624. The van der Waals surface area contributed by atoms with Gasteiger partial charge in [0.05, 0.1) is 6.10 Å². The zero-order chi connectivity index (χ0) is 7.40. The molecule has 0 aliphatic heterocycles. The lowest BCUT2D eigenvalue weighted by Crippen LogP contribution is -2.21. The highest BCUT2D eigenvalue weighted by Gasteiger charge is 2.19. The minimum absolute atomic E-state index is 0.154. The van der Waals surface area contributed by atoms with Gasteiger partial charge in [0.15, 0.2) is 0 Å². The van der Waals surface area contributed by atoms with Crippen molar-refractivity contribution in [3.05, 3.63) is 0 Å². The second kappa shape index (κ2) is 3.94. The molecule has 10 heavy (non-hydrogen) atoms. The van der Waals surface area contributed by atoms with Crippen molar-refractivity contribution in [2.45, 2.75) is 38.2 Å². The van der Waals surface area contributed by atoms with Gasteiger partial charge in [0.2, 0.25) is 0 Å². The number of rotatable bonds is 1. The smallest absolute Gasteiger partial charge is 0.0590 e. The Kier molecular flexibility index (Phi) is 3.16. The first-order valence-corrected chi connectivity index (χ1v) is 4.13. The predicted octanol–water partition coefficient (Wildman–Crippen LogP) is 0.920. The van der Waals surface area contributed by atoms with Gasteiger partial charge >= 0.3 is 0 Å². The maximum absolute atomic E-state index is 9.39. The summed E-state index contributed by atoms with van der Waals surface area (Å²) < 4.78 is 0. The zero-order valence-electron chi connectivity index (χ0n) is 6.29. The van der Waals surface area contributed by atoms with Gasteiger partial charge in [-0.05, 0) is 12.8 Å². The molecule has 0 aromatic heterocycles. The van der Waals surface area contributed by atoms with Gasteiger partial charge in [-0.3, -0.25) is 0 Å². The standard InChI is InChI=1S/C8H16O2/c9-6-7-4-2-1-3-5-8(7)10/h7-10H,1-6H2. The molecule has 2 nitrogen and oxygen atoms in total. The molecule has 2 atom stereocenters. The van der Waals surface area contributed by atoms with E-state index < -0.39 is 0 Å². The highest BCUT2D eigenvalue weighted by atomic mass is 16.3. The lowest BCUT2D eigenvalue weighted by Gasteiger charge is -2.16. The zero-order valence-corrected chi connectivity index (χ0v) is 6.29. The van der Waals surface area contributed by atoms with E-state index in [1.165, 1.54) is 12.8 Å². The van der Waals surface area contributed by atoms with Gasteiger partial charge in [0.1, 0.15) is 0 Å². The molecule has 2 unspecified atom stereocenters. The number of hydrogen-bond acceptors (Lipinski definition) is 2. The van der Waals surface area contributed by atoms with Crippen molar-refractivity contribution < 1.29 is 10.2 Å². The average Bonchev–Trinajstić information content (AvgIpc) is 2.13. The number of hydrogen-bond donors (Lipinski definition) is 2. The third-order valence-corrected chi connectivity index (χ3v) is 2.35. The maximum atomic E-state index is 9.39. The monoisotopic (exact) mass is 144 g/mol. The molecule has 1 rings (SSSR count). The summed E-state index contributed by atoms with van der Waals surface area (Å²) in [4.78, 5) is 0. The van der Waals surface area contributed by atoms with E-state index in [4.69, 9.17) is 5.11 Å². The first-order chi connectivity index (χ1) is 4.84. The fourth-order valence-electron chi connectivity index (χ4n) is 1.58. The minimum Gasteiger partial charge on any atom is -0.396 e. The van der Waals surface area contributed by atoms with Gasteiger partial charge in [-0.1, -0.05) is 19.3 Å². The van der Waals surface area contributed by atoms with E-state index in [0.717, 1.165) is 19.3 Å². The summed E-state index contributed by atoms with van der Waals surface area (Å²) in [6.45, 7) is 0.154. The molecule has 1 fully saturated rings. The molecular formula is C8H16O2. The largest absolute Gasteiger partial charge is 0.396 e. The van der Waals surface area contributed by atoms with Gasteiger partial charge in [-0.25, -0.2) is 0 Å². The Hall–Kier alpha value is -0.0800. The summed E-state index contributed by atoms with van der Waals surface area (Å²) in [7, 11) is 0. The predicted molar refractivity (Wildman–Crippen MR) is 39.7 cm³/mol. The Morgan fingerprint density at radius 3 is 2.50 bits per heavy atom. The summed E-state index contributed by atoms with van der Waals surface area (Å²) in [5.41, 5.74) is 0. The first kappa shape index (κ1) is 8.02. The molecule has 0 spiro atoms. The van der Waals surface area contributed by atoms with Crippen molar-refractivity contribution in [2.75, 3.05) is 6.61 Å². The Bertz CT molecular complexity index is 93.3. The molecular weight excluding hydrogens is 128 g/mol. The van der Waals surface area contributed by atoms with Crippen LogP contribution in [0.1, 0.15) is 32.1 Å². The summed E-state index contributed by atoms with van der Waals surface area (Å²) in [5, 5.41) is 18.2. The first-order valence-electron chi connectivity index (χ1n) is 4.13. The van der Waals surface area contributed by atoms with Crippen molar-refractivity contribution in [1.82, 2.24) is 0 Å². The van der Waals surface area contributed by atoms with Crippen LogP contribution in [0, 0.1) is 5.92 Å². The van der Waals surface area contributed by atoms with Crippen LogP contribution in [0.2, 0.25) is 0 Å². The van der Waals surface area contributed by atoms with E-state index >= 15 is 0 Å². The molecule has 0 radical (unpaired) electrons. The average molecular weight is 144 g/mol. The molecule has 2 N–H and O–H groups in total. The van der Waals surface area contributed by atoms with E-state index in [2.05, 4.69) is 0 Å². The highest BCUT2D eigenvalue weighted by Crippen LogP contribution is 2.22. The molecule has 1 aliphatic carbocycles. The van der Waals surface area contributed by atoms with Crippen molar-refractivity contribution in [1.29, 1.82) is 0 Å². The van der Waals surface area contributed by atoms with Crippen molar-refractivity contribution in [2.24, 2.45) is 5.92 Å². The summed E-state index contributed by atoms with van der Waals surface area (Å²) in [5.74, 6) is 0.155. The third kappa shape index (κ3) is 1.96. The van der Waals surface area contributed by atoms with Crippen LogP contribution in [0.5, 0.6) is 0 Å². The molecule has 60 valence electrons. The second-order valence-corrected chi connectivity index (χ2v) is 3.15. The van der Waals surface area contributed by atoms with Gasteiger partial charge < -0.3 is 10.2 Å². The molecule has 1 saturated carbocycles. The van der Waals surface area contributed by atoms with Crippen molar-refractivity contribution >= 4 is 0 Å². The Morgan fingerprint density at radius 1 is 1.10 bits per heavy atom. The van der Waals surface area contributed by atoms with Gasteiger partial charge in [0.25, 0.3) is 0 Å². The van der Waals surface area contributed by atoms with Crippen molar-refractivity contribution in [3.63, 3.8) is 0 Å². The van der Waals surface area contributed by atoms with Crippen LogP contribution in [-0.4, -0.2) is 22.9 Å². The van der Waals surface area contributed by atoms with Crippen LogP contribution in [0.3, 0.4) is 0 Å². The molecule has 0 saturated heterocycles. The van der Waals surface area contributed by atoms with Gasteiger partial charge in [0, 0.05) is 12.5 Å². The Morgan fingerprint density at radius 2 is 1.80 bits per heavy atom. The lowest BCUT2D eigenvalue weighted by atomic mass is 9.99. The molecule has 0 amide bonds. The van der Waals surface area contributed by atoms with E-state index in [9.17, 15) is 5.11 Å². The molecule has 0 heterocycles. The van der Waals surface area contributed by atoms with Gasteiger partial charge in [-0.2, -0.15) is 0 Å².